The molecule has 4 heteroatoms. The lowest BCUT2D eigenvalue weighted by molar-refractivity contribution is 0.0952. The third-order valence-corrected chi connectivity index (χ3v) is 5.08. The smallest absolute Gasteiger partial charge is 0.251 e. The van der Waals surface area contributed by atoms with E-state index in [-0.39, 0.29) is 11.7 Å². The van der Waals surface area contributed by atoms with Gasteiger partial charge in [-0.2, -0.15) is 0 Å². The molecule has 4 nitrogen and oxygen atoms in total. The van der Waals surface area contributed by atoms with Crippen LogP contribution in [0.2, 0.25) is 0 Å². The Morgan fingerprint density at radius 1 is 0.833 bits per heavy atom. The number of hydrogen-bond acceptors (Lipinski definition) is 3. The summed E-state index contributed by atoms with van der Waals surface area (Å²) >= 11 is 0. The van der Waals surface area contributed by atoms with Crippen LogP contribution in [-0.4, -0.2) is 25.3 Å². The van der Waals surface area contributed by atoms with Gasteiger partial charge in [0.25, 0.3) is 5.91 Å². The molecule has 0 atom stereocenters. The van der Waals surface area contributed by atoms with E-state index >= 15 is 0 Å². The van der Waals surface area contributed by atoms with Crippen LogP contribution in [0.25, 0.3) is 11.1 Å². The molecule has 0 bridgehead atoms. The average Bonchev–Trinajstić information content (AvgIpc) is 2.79. The van der Waals surface area contributed by atoms with E-state index in [9.17, 15) is 9.59 Å². The highest BCUT2D eigenvalue weighted by atomic mass is 16.5. The number of rotatable bonds is 9. The lowest BCUT2D eigenvalue weighted by atomic mass is 10.0. The van der Waals surface area contributed by atoms with Gasteiger partial charge in [-0.25, -0.2) is 0 Å². The molecule has 0 aromatic heterocycles. The number of Topliss-reactive ketones (excluding diaryl/α,β-unsaturated/α-hetero) is 1. The van der Waals surface area contributed by atoms with E-state index in [4.69, 9.17) is 4.74 Å². The van der Waals surface area contributed by atoms with Gasteiger partial charge in [0.05, 0.1) is 7.11 Å². The Morgan fingerprint density at radius 3 is 2.07 bits per heavy atom. The van der Waals surface area contributed by atoms with Gasteiger partial charge in [0.15, 0.2) is 5.78 Å². The van der Waals surface area contributed by atoms with E-state index in [1.54, 1.807) is 14.0 Å². The van der Waals surface area contributed by atoms with E-state index in [1.165, 1.54) is 5.56 Å². The SMILES string of the molecule is COc1cccc(CCCCNC(=O)c2ccc(-c3ccc(C(C)=O)cc3)cc2)c1. The number of amides is 1. The summed E-state index contributed by atoms with van der Waals surface area (Å²) in [5.41, 5.74) is 4.62. The first-order valence-electron chi connectivity index (χ1n) is 10.2. The van der Waals surface area contributed by atoms with Crippen LogP contribution in [0.5, 0.6) is 5.75 Å². The van der Waals surface area contributed by atoms with Crippen LogP contribution >= 0.6 is 0 Å². The van der Waals surface area contributed by atoms with Gasteiger partial charge < -0.3 is 10.1 Å². The molecule has 30 heavy (non-hydrogen) atoms. The maximum absolute atomic E-state index is 12.4. The first kappa shape index (κ1) is 21.3. The number of benzene rings is 3. The molecule has 0 fully saturated rings. The highest BCUT2D eigenvalue weighted by Crippen LogP contribution is 2.21. The Hall–Kier alpha value is -3.40. The molecule has 154 valence electrons. The largest absolute Gasteiger partial charge is 0.497 e. The fraction of sp³-hybridized carbons (Fsp3) is 0.231. The molecular formula is C26H27NO3. The lowest BCUT2D eigenvalue weighted by Crippen LogP contribution is -2.24. The number of carbonyl (C=O) groups excluding carboxylic acids is 2. The standard InChI is InChI=1S/C26H27NO3/c1-19(28)21-9-11-22(12-10-21)23-13-15-24(16-14-23)26(29)27-17-4-3-6-20-7-5-8-25(18-20)30-2/h5,7-16,18H,3-4,6,17H2,1-2H3,(H,27,29). The van der Waals surface area contributed by atoms with Crippen LogP contribution in [0.1, 0.15) is 46.0 Å². The van der Waals surface area contributed by atoms with Crippen LogP contribution < -0.4 is 10.1 Å². The second kappa shape index (κ2) is 10.4. The summed E-state index contributed by atoms with van der Waals surface area (Å²) in [5, 5.41) is 2.99. The number of hydrogen-bond donors (Lipinski definition) is 1. The first-order valence-corrected chi connectivity index (χ1v) is 10.2. The summed E-state index contributed by atoms with van der Waals surface area (Å²) in [6.45, 7) is 2.21. The highest BCUT2D eigenvalue weighted by molar-refractivity contribution is 5.95. The van der Waals surface area contributed by atoms with Crippen molar-refractivity contribution in [3.05, 3.63) is 89.5 Å². The van der Waals surface area contributed by atoms with Crippen LogP contribution in [0, 0.1) is 0 Å². The summed E-state index contributed by atoms with van der Waals surface area (Å²) in [4.78, 5) is 23.8. The van der Waals surface area contributed by atoms with Crippen molar-refractivity contribution in [1.82, 2.24) is 5.32 Å². The summed E-state index contributed by atoms with van der Waals surface area (Å²) in [6, 6.07) is 23.1. The summed E-state index contributed by atoms with van der Waals surface area (Å²) in [6.07, 6.45) is 2.89. The number of ether oxygens (including phenoxy) is 1. The number of carbonyl (C=O) groups is 2. The van der Waals surface area contributed by atoms with Crippen molar-refractivity contribution in [3.63, 3.8) is 0 Å². The van der Waals surface area contributed by atoms with E-state index in [0.29, 0.717) is 17.7 Å². The second-order valence-electron chi connectivity index (χ2n) is 7.28. The van der Waals surface area contributed by atoms with Crippen molar-refractivity contribution in [2.24, 2.45) is 0 Å². The van der Waals surface area contributed by atoms with Crippen molar-refractivity contribution in [2.75, 3.05) is 13.7 Å². The lowest BCUT2D eigenvalue weighted by Gasteiger charge is -2.08. The molecule has 0 heterocycles. The molecule has 3 rings (SSSR count). The average molecular weight is 402 g/mol. The van der Waals surface area contributed by atoms with Crippen LogP contribution in [-0.2, 0) is 6.42 Å². The van der Waals surface area contributed by atoms with E-state index in [1.807, 2.05) is 66.7 Å². The molecule has 1 N–H and O–H groups in total. The zero-order chi connectivity index (χ0) is 21.3. The number of unbranched alkanes of at least 4 members (excludes halogenated alkanes) is 1. The quantitative estimate of drug-likeness (QED) is 0.390. The monoisotopic (exact) mass is 401 g/mol. The summed E-state index contributed by atoms with van der Waals surface area (Å²) in [5.74, 6) is 0.867. The number of ketones is 1. The molecule has 0 aliphatic rings. The van der Waals surface area contributed by atoms with Crippen molar-refractivity contribution in [3.8, 4) is 16.9 Å². The van der Waals surface area contributed by atoms with E-state index < -0.39 is 0 Å². The molecule has 3 aromatic carbocycles. The third-order valence-electron chi connectivity index (χ3n) is 5.08. The van der Waals surface area contributed by atoms with Gasteiger partial charge in [0.2, 0.25) is 0 Å². The van der Waals surface area contributed by atoms with Crippen molar-refractivity contribution >= 4 is 11.7 Å². The molecule has 0 saturated heterocycles. The van der Waals surface area contributed by atoms with Gasteiger partial charge in [-0.1, -0.05) is 48.5 Å². The molecule has 0 aliphatic carbocycles. The van der Waals surface area contributed by atoms with E-state index in [2.05, 4.69) is 11.4 Å². The van der Waals surface area contributed by atoms with Crippen molar-refractivity contribution in [2.45, 2.75) is 26.2 Å². The predicted molar refractivity (Wildman–Crippen MR) is 120 cm³/mol. The highest BCUT2D eigenvalue weighted by Gasteiger charge is 2.06. The van der Waals surface area contributed by atoms with Gasteiger partial charge in [-0.3, -0.25) is 9.59 Å². The van der Waals surface area contributed by atoms with Crippen LogP contribution in [0.15, 0.2) is 72.8 Å². The third kappa shape index (κ3) is 5.80. The molecule has 0 spiro atoms. The van der Waals surface area contributed by atoms with Crippen molar-refractivity contribution < 1.29 is 14.3 Å². The van der Waals surface area contributed by atoms with Gasteiger partial charge in [-0.15, -0.1) is 0 Å². The Morgan fingerprint density at radius 2 is 1.47 bits per heavy atom. The topological polar surface area (TPSA) is 55.4 Å². The minimum atomic E-state index is -0.0603. The van der Waals surface area contributed by atoms with Gasteiger partial charge >= 0.3 is 0 Å². The van der Waals surface area contributed by atoms with Gasteiger partial charge in [0.1, 0.15) is 5.75 Å². The Balaban J connectivity index is 1.45. The molecule has 0 saturated carbocycles. The normalized spacial score (nSPS) is 10.5. The molecule has 0 unspecified atom stereocenters. The minimum absolute atomic E-state index is 0.0528. The molecule has 1 amide bonds. The molecule has 3 aromatic rings. The number of nitrogens with one attached hydrogen (secondary N) is 1. The summed E-state index contributed by atoms with van der Waals surface area (Å²) in [7, 11) is 1.67. The Labute approximate surface area is 177 Å². The molecule has 0 aliphatic heterocycles. The van der Waals surface area contributed by atoms with Crippen LogP contribution in [0.3, 0.4) is 0 Å². The van der Waals surface area contributed by atoms with Gasteiger partial charge in [0, 0.05) is 17.7 Å². The minimum Gasteiger partial charge on any atom is -0.497 e. The van der Waals surface area contributed by atoms with Gasteiger partial charge in [-0.05, 0) is 67.1 Å². The maximum Gasteiger partial charge on any atom is 0.251 e. The van der Waals surface area contributed by atoms with Crippen LogP contribution in [0.4, 0.5) is 0 Å². The fourth-order valence-electron chi connectivity index (χ4n) is 3.30. The predicted octanol–water partition coefficient (Wildman–Crippen LogP) is 5.32. The maximum atomic E-state index is 12.4. The fourth-order valence-corrected chi connectivity index (χ4v) is 3.30. The van der Waals surface area contributed by atoms with Crippen molar-refractivity contribution in [1.29, 1.82) is 0 Å². The zero-order valence-corrected chi connectivity index (χ0v) is 17.5. The second-order valence-corrected chi connectivity index (χ2v) is 7.28. The molecule has 0 radical (unpaired) electrons. The first-order chi connectivity index (χ1) is 14.6. The Bertz CT molecular complexity index is 992. The van der Waals surface area contributed by atoms with E-state index in [0.717, 1.165) is 36.1 Å². The number of methoxy groups -OCH3 is 1. The Kier molecular flexibility index (Phi) is 7.39. The number of aryl methyl sites for hydroxylation is 1. The molecular weight excluding hydrogens is 374 g/mol. The summed E-state index contributed by atoms with van der Waals surface area (Å²) < 4.78 is 5.24. The zero-order valence-electron chi connectivity index (χ0n) is 17.5.